The average molecular weight is 198 g/mol. The van der Waals surface area contributed by atoms with Crippen LogP contribution in [0.4, 0.5) is 0 Å². The Kier molecular flexibility index (Phi) is 4.66. The maximum atomic E-state index is 10.7. The fraction of sp³-hybridized carbons (Fsp3) is 0.727. The Morgan fingerprint density at radius 1 is 1.57 bits per heavy atom. The van der Waals surface area contributed by atoms with Gasteiger partial charge in [-0.2, -0.15) is 0 Å². The molecule has 1 rings (SSSR count). The molecule has 0 aromatic heterocycles. The maximum absolute atomic E-state index is 10.7. The van der Waals surface area contributed by atoms with Crippen LogP contribution in [0.3, 0.4) is 0 Å². The van der Waals surface area contributed by atoms with Crippen LogP contribution in [0.1, 0.15) is 32.1 Å². The van der Waals surface area contributed by atoms with E-state index in [1.807, 2.05) is 0 Å². The third kappa shape index (κ3) is 3.92. The van der Waals surface area contributed by atoms with E-state index in [1.54, 1.807) is 0 Å². The molecule has 0 radical (unpaired) electrons. The minimum Gasteiger partial charge on any atom is -0.463 e. The molecular weight excluding hydrogens is 180 g/mol. The summed E-state index contributed by atoms with van der Waals surface area (Å²) in [7, 11) is 0. The smallest absolute Gasteiger partial charge is 0.330 e. The van der Waals surface area contributed by atoms with E-state index in [4.69, 9.17) is 4.74 Å². The summed E-state index contributed by atoms with van der Waals surface area (Å²) in [5, 5.41) is 9.41. The maximum Gasteiger partial charge on any atom is 0.330 e. The van der Waals surface area contributed by atoms with Crippen LogP contribution >= 0.6 is 0 Å². The van der Waals surface area contributed by atoms with Crippen molar-refractivity contribution in [3.63, 3.8) is 0 Å². The number of carbonyl (C=O) groups is 1. The highest BCUT2D eigenvalue weighted by Gasteiger charge is 2.19. The van der Waals surface area contributed by atoms with Gasteiger partial charge in [0.1, 0.15) is 0 Å². The van der Waals surface area contributed by atoms with Crippen LogP contribution in [-0.4, -0.2) is 23.8 Å². The number of aliphatic hydroxyl groups is 1. The fourth-order valence-corrected chi connectivity index (χ4v) is 1.91. The Bertz CT molecular complexity index is 201. The van der Waals surface area contributed by atoms with E-state index in [2.05, 4.69) is 6.58 Å². The first kappa shape index (κ1) is 11.2. The van der Waals surface area contributed by atoms with E-state index >= 15 is 0 Å². The lowest BCUT2D eigenvalue weighted by Crippen LogP contribution is -2.20. The minimum absolute atomic E-state index is 0.149. The molecule has 0 aromatic rings. The molecule has 0 amide bonds. The highest BCUT2D eigenvalue weighted by Crippen LogP contribution is 2.26. The first-order valence-corrected chi connectivity index (χ1v) is 5.19. The first-order chi connectivity index (χ1) is 6.72. The van der Waals surface area contributed by atoms with E-state index < -0.39 is 0 Å². The van der Waals surface area contributed by atoms with Crippen molar-refractivity contribution in [2.45, 2.75) is 38.2 Å². The summed E-state index contributed by atoms with van der Waals surface area (Å²) < 4.78 is 4.89. The molecule has 1 aliphatic rings. The topological polar surface area (TPSA) is 46.5 Å². The lowest BCUT2D eigenvalue weighted by molar-refractivity contribution is -0.138. The number of ether oxygens (including phenoxy) is 1. The summed E-state index contributed by atoms with van der Waals surface area (Å²) in [4.78, 5) is 10.7. The summed E-state index contributed by atoms with van der Waals surface area (Å²) in [6, 6.07) is 0. The Morgan fingerprint density at radius 3 is 3.00 bits per heavy atom. The van der Waals surface area contributed by atoms with Gasteiger partial charge in [-0.05, 0) is 25.2 Å². The Morgan fingerprint density at radius 2 is 2.36 bits per heavy atom. The van der Waals surface area contributed by atoms with Gasteiger partial charge in [0.05, 0.1) is 12.7 Å². The van der Waals surface area contributed by atoms with E-state index in [0.717, 1.165) is 32.1 Å². The van der Waals surface area contributed by atoms with Crippen LogP contribution in [0.25, 0.3) is 0 Å². The Labute approximate surface area is 84.8 Å². The van der Waals surface area contributed by atoms with Crippen LogP contribution in [0, 0.1) is 5.92 Å². The van der Waals surface area contributed by atoms with Crippen molar-refractivity contribution in [3.05, 3.63) is 12.7 Å². The summed E-state index contributed by atoms with van der Waals surface area (Å²) in [5.74, 6) is 0.151. The largest absolute Gasteiger partial charge is 0.463 e. The highest BCUT2D eigenvalue weighted by atomic mass is 16.5. The third-order valence-electron chi connectivity index (χ3n) is 2.69. The van der Waals surface area contributed by atoms with E-state index in [9.17, 15) is 9.90 Å². The molecule has 0 spiro atoms. The van der Waals surface area contributed by atoms with Crippen molar-refractivity contribution in [3.8, 4) is 0 Å². The number of aliphatic hydroxyl groups excluding tert-OH is 1. The molecule has 0 saturated heterocycles. The summed E-state index contributed by atoms with van der Waals surface area (Å²) >= 11 is 0. The van der Waals surface area contributed by atoms with Gasteiger partial charge >= 0.3 is 5.97 Å². The van der Waals surface area contributed by atoms with Crippen molar-refractivity contribution in [2.24, 2.45) is 5.92 Å². The molecule has 14 heavy (non-hydrogen) atoms. The quantitative estimate of drug-likeness (QED) is 0.552. The molecule has 3 nitrogen and oxygen atoms in total. The lowest BCUT2D eigenvalue weighted by atomic mass is 9.85. The number of hydrogen-bond donors (Lipinski definition) is 1. The monoisotopic (exact) mass is 198 g/mol. The van der Waals surface area contributed by atoms with Gasteiger partial charge in [0.2, 0.25) is 0 Å². The van der Waals surface area contributed by atoms with Gasteiger partial charge in [0.15, 0.2) is 0 Å². The van der Waals surface area contributed by atoms with E-state index in [-0.39, 0.29) is 12.1 Å². The molecule has 1 aliphatic carbocycles. The molecule has 1 saturated carbocycles. The zero-order chi connectivity index (χ0) is 10.4. The Hall–Kier alpha value is -0.830. The van der Waals surface area contributed by atoms with Gasteiger partial charge < -0.3 is 9.84 Å². The molecule has 0 heterocycles. The number of rotatable bonds is 4. The molecule has 0 aliphatic heterocycles. The molecule has 0 bridgehead atoms. The zero-order valence-electron chi connectivity index (χ0n) is 8.45. The molecule has 2 atom stereocenters. The van der Waals surface area contributed by atoms with Crippen molar-refractivity contribution in [2.75, 3.05) is 6.61 Å². The molecule has 1 N–H and O–H groups in total. The third-order valence-corrected chi connectivity index (χ3v) is 2.69. The van der Waals surface area contributed by atoms with E-state index in [0.29, 0.717) is 12.5 Å². The highest BCUT2D eigenvalue weighted by molar-refractivity contribution is 5.81. The molecule has 1 fully saturated rings. The van der Waals surface area contributed by atoms with Gasteiger partial charge in [-0.15, -0.1) is 0 Å². The standard InChI is InChI=1S/C11H18O3/c1-2-11(13)14-7-6-9-4-3-5-10(12)8-9/h2,9-10,12H,1,3-8H2. The minimum atomic E-state index is -0.360. The Balaban J connectivity index is 2.11. The van der Waals surface area contributed by atoms with Crippen LogP contribution in [-0.2, 0) is 9.53 Å². The predicted molar refractivity (Wildman–Crippen MR) is 53.7 cm³/mol. The second-order valence-corrected chi connectivity index (χ2v) is 3.85. The van der Waals surface area contributed by atoms with Crippen LogP contribution in [0.2, 0.25) is 0 Å². The molecule has 0 aromatic carbocycles. The van der Waals surface area contributed by atoms with Crippen LogP contribution in [0.5, 0.6) is 0 Å². The number of esters is 1. The molecule has 2 unspecified atom stereocenters. The fourth-order valence-electron chi connectivity index (χ4n) is 1.91. The summed E-state index contributed by atoms with van der Waals surface area (Å²) in [5.41, 5.74) is 0. The summed E-state index contributed by atoms with van der Waals surface area (Å²) in [6.07, 6.45) is 5.88. The van der Waals surface area contributed by atoms with Crippen LogP contribution < -0.4 is 0 Å². The van der Waals surface area contributed by atoms with Gasteiger partial charge in [-0.25, -0.2) is 4.79 Å². The van der Waals surface area contributed by atoms with Crippen LogP contribution in [0.15, 0.2) is 12.7 Å². The summed E-state index contributed by atoms with van der Waals surface area (Å²) in [6.45, 7) is 3.77. The second kappa shape index (κ2) is 5.81. The van der Waals surface area contributed by atoms with Gasteiger partial charge in [-0.3, -0.25) is 0 Å². The first-order valence-electron chi connectivity index (χ1n) is 5.19. The molecule has 80 valence electrons. The van der Waals surface area contributed by atoms with Crippen molar-refractivity contribution >= 4 is 5.97 Å². The van der Waals surface area contributed by atoms with Crippen molar-refractivity contribution in [1.29, 1.82) is 0 Å². The average Bonchev–Trinajstić information content (AvgIpc) is 2.17. The zero-order valence-corrected chi connectivity index (χ0v) is 8.45. The van der Waals surface area contributed by atoms with Gasteiger partial charge in [-0.1, -0.05) is 19.4 Å². The second-order valence-electron chi connectivity index (χ2n) is 3.85. The van der Waals surface area contributed by atoms with E-state index in [1.165, 1.54) is 6.08 Å². The SMILES string of the molecule is C=CC(=O)OCCC1CCCC(O)C1. The van der Waals surface area contributed by atoms with Gasteiger partial charge in [0.25, 0.3) is 0 Å². The normalized spacial score (nSPS) is 26.9. The number of hydrogen-bond acceptors (Lipinski definition) is 3. The van der Waals surface area contributed by atoms with Gasteiger partial charge in [0, 0.05) is 6.08 Å². The number of carbonyl (C=O) groups excluding carboxylic acids is 1. The predicted octanol–water partition coefficient (Wildman–Crippen LogP) is 1.66. The van der Waals surface area contributed by atoms with Crippen molar-refractivity contribution < 1.29 is 14.6 Å². The lowest BCUT2D eigenvalue weighted by Gasteiger charge is -2.25. The van der Waals surface area contributed by atoms with Crippen molar-refractivity contribution in [1.82, 2.24) is 0 Å². The molecular formula is C11H18O3. The molecule has 3 heteroatoms.